The molecule has 0 radical (unpaired) electrons. The van der Waals surface area contributed by atoms with E-state index in [9.17, 15) is 4.79 Å². The Kier molecular flexibility index (Phi) is 14.6. The first kappa shape index (κ1) is 30.8. The molecule has 0 atom stereocenters. The number of ether oxygens (including phenoxy) is 2. The maximum atomic E-state index is 12.7. The zero-order valence-corrected chi connectivity index (χ0v) is 24.9. The standard InChI is InChI=1S/C33H47N2O3S/c1-3-4-5-6-7-8-9-10-11-12-13-14-15-18-25-38-32(36)27-35-30-19-16-17-20-31(30)39-33(35)34-26-28-21-23-29(37-2)24-22-28/h16-17,19-24,26H,3-15,18,25,27H2,1-2H3/q+1. The topological polar surface area (TPSA) is 51.8 Å². The summed E-state index contributed by atoms with van der Waals surface area (Å²) in [5, 5.41) is 0.778. The average molecular weight is 552 g/mol. The molecule has 3 rings (SSSR count). The lowest BCUT2D eigenvalue weighted by atomic mass is 10.0. The highest BCUT2D eigenvalue weighted by atomic mass is 32.1. The van der Waals surface area contributed by atoms with Crippen molar-refractivity contribution in [3.05, 3.63) is 54.1 Å². The molecular weight excluding hydrogens is 504 g/mol. The van der Waals surface area contributed by atoms with Crippen LogP contribution in [0.2, 0.25) is 0 Å². The predicted octanol–water partition coefficient (Wildman–Crippen LogP) is 8.97. The van der Waals surface area contributed by atoms with Crippen LogP contribution in [-0.4, -0.2) is 25.9 Å². The Morgan fingerprint density at radius 1 is 0.821 bits per heavy atom. The Labute approximate surface area is 239 Å². The smallest absolute Gasteiger partial charge is 0.383 e. The molecule has 0 aliphatic carbocycles. The van der Waals surface area contributed by atoms with Gasteiger partial charge in [0.1, 0.15) is 17.5 Å². The van der Waals surface area contributed by atoms with Gasteiger partial charge in [-0.05, 0) is 59.1 Å². The number of thiazole rings is 1. The van der Waals surface area contributed by atoms with Gasteiger partial charge in [-0.1, -0.05) is 103 Å². The van der Waals surface area contributed by atoms with E-state index in [4.69, 9.17) is 14.5 Å². The molecule has 2 aromatic carbocycles. The van der Waals surface area contributed by atoms with E-state index in [0.29, 0.717) is 6.61 Å². The van der Waals surface area contributed by atoms with Crippen molar-refractivity contribution in [1.82, 2.24) is 0 Å². The number of nitrogens with zero attached hydrogens (tertiary/aromatic N) is 2. The minimum atomic E-state index is -0.209. The van der Waals surface area contributed by atoms with Crippen molar-refractivity contribution in [2.75, 3.05) is 13.7 Å². The van der Waals surface area contributed by atoms with Gasteiger partial charge in [-0.2, -0.15) is 0 Å². The van der Waals surface area contributed by atoms with E-state index in [1.165, 1.54) is 77.0 Å². The van der Waals surface area contributed by atoms with Gasteiger partial charge in [-0.3, -0.25) is 0 Å². The van der Waals surface area contributed by atoms with Gasteiger partial charge in [0.05, 0.1) is 18.4 Å². The minimum Gasteiger partial charge on any atom is -0.497 e. The molecule has 0 fully saturated rings. The number of benzene rings is 2. The molecular formula is C33H47N2O3S+. The van der Waals surface area contributed by atoms with E-state index in [1.807, 2.05) is 53.2 Å². The van der Waals surface area contributed by atoms with E-state index >= 15 is 0 Å². The number of hydrogen-bond acceptors (Lipinski definition) is 5. The first-order valence-corrected chi connectivity index (χ1v) is 15.8. The molecule has 0 unspecified atom stereocenters. The van der Waals surface area contributed by atoms with Crippen LogP contribution in [0.15, 0.2) is 53.5 Å². The largest absolute Gasteiger partial charge is 0.497 e. The van der Waals surface area contributed by atoms with Crippen molar-refractivity contribution < 1.29 is 18.8 Å². The molecule has 0 saturated heterocycles. The van der Waals surface area contributed by atoms with Crippen LogP contribution < -0.4 is 9.30 Å². The maximum absolute atomic E-state index is 12.7. The molecule has 39 heavy (non-hydrogen) atoms. The first-order chi connectivity index (χ1) is 19.2. The van der Waals surface area contributed by atoms with Crippen LogP contribution in [-0.2, 0) is 16.1 Å². The lowest BCUT2D eigenvalue weighted by molar-refractivity contribution is -0.643. The van der Waals surface area contributed by atoms with Crippen molar-refractivity contribution >= 4 is 38.9 Å². The van der Waals surface area contributed by atoms with E-state index in [1.54, 1.807) is 18.4 Å². The van der Waals surface area contributed by atoms with Gasteiger partial charge in [0, 0.05) is 5.56 Å². The molecule has 3 aromatic rings. The number of carbonyl (C=O) groups is 1. The van der Waals surface area contributed by atoms with E-state index < -0.39 is 0 Å². The molecule has 1 heterocycles. The fraction of sp³-hybridized carbons (Fsp3) is 0.545. The highest BCUT2D eigenvalue weighted by Gasteiger charge is 2.21. The van der Waals surface area contributed by atoms with Gasteiger partial charge in [0.25, 0.3) is 0 Å². The molecule has 0 N–H and O–H groups in total. The van der Waals surface area contributed by atoms with Gasteiger partial charge in [0.2, 0.25) is 0 Å². The molecule has 0 spiro atoms. The minimum absolute atomic E-state index is 0.165. The molecule has 6 heteroatoms. The number of aliphatic imine (C=N–C) groups is 1. The fourth-order valence-electron chi connectivity index (χ4n) is 4.75. The van der Waals surface area contributed by atoms with Gasteiger partial charge >= 0.3 is 11.1 Å². The monoisotopic (exact) mass is 551 g/mol. The number of carbonyl (C=O) groups excluding carboxylic acids is 1. The maximum Gasteiger partial charge on any atom is 0.383 e. The van der Waals surface area contributed by atoms with Gasteiger partial charge in [0.15, 0.2) is 6.54 Å². The number of fused-ring (bicyclic) bond motifs is 1. The van der Waals surface area contributed by atoms with Crippen LogP contribution in [0.5, 0.6) is 5.75 Å². The Hall–Kier alpha value is -2.73. The van der Waals surface area contributed by atoms with E-state index in [0.717, 1.165) is 39.5 Å². The number of unbranched alkanes of at least 4 members (excludes halogenated alkanes) is 13. The molecule has 0 bridgehead atoms. The van der Waals surface area contributed by atoms with Crippen molar-refractivity contribution in [2.45, 2.75) is 103 Å². The zero-order valence-electron chi connectivity index (χ0n) is 24.0. The zero-order chi connectivity index (χ0) is 27.5. The molecule has 0 aliphatic heterocycles. The second-order valence-corrected chi connectivity index (χ2v) is 11.3. The summed E-state index contributed by atoms with van der Waals surface area (Å²) in [5.41, 5.74) is 1.97. The third-order valence-electron chi connectivity index (χ3n) is 7.08. The number of hydrogen-bond donors (Lipinski definition) is 0. The third-order valence-corrected chi connectivity index (χ3v) is 8.15. The Bertz CT molecular complexity index is 1120. The average Bonchev–Trinajstić information content (AvgIpc) is 3.31. The molecule has 1 aromatic heterocycles. The summed E-state index contributed by atoms with van der Waals surface area (Å²) in [6.07, 6.45) is 20.2. The number of para-hydroxylation sites is 1. The number of rotatable bonds is 20. The van der Waals surface area contributed by atoms with Crippen LogP contribution in [0.3, 0.4) is 0 Å². The van der Waals surface area contributed by atoms with Gasteiger partial charge in [-0.15, -0.1) is 0 Å². The van der Waals surface area contributed by atoms with E-state index in [-0.39, 0.29) is 12.5 Å². The summed E-state index contributed by atoms with van der Waals surface area (Å²) in [7, 11) is 1.65. The van der Waals surface area contributed by atoms with Crippen molar-refractivity contribution in [2.24, 2.45) is 4.99 Å². The van der Waals surface area contributed by atoms with Crippen LogP contribution in [0, 0.1) is 0 Å². The second-order valence-electron chi connectivity index (χ2n) is 10.3. The number of aromatic nitrogens is 1. The number of methoxy groups -OCH3 is 1. The highest BCUT2D eigenvalue weighted by molar-refractivity contribution is 7.21. The normalized spacial score (nSPS) is 11.4. The van der Waals surface area contributed by atoms with Crippen molar-refractivity contribution in [3.8, 4) is 5.75 Å². The summed E-state index contributed by atoms with van der Waals surface area (Å²) >= 11 is 1.57. The third kappa shape index (κ3) is 11.5. The lowest BCUT2D eigenvalue weighted by Gasteiger charge is -2.05. The quantitative estimate of drug-likeness (QED) is 0.0609. The number of esters is 1. The van der Waals surface area contributed by atoms with Crippen LogP contribution in [0.4, 0.5) is 5.13 Å². The molecule has 5 nitrogen and oxygen atoms in total. The Morgan fingerprint density at radius 3 is 2.03 bits per heavy atom. The Balaban J connectivity index is 1.33. The first-order valence-electron chi connectivity index (χ1n) is 15.0. The fourth-order valence-corrected chi connectivity index (χ4v) is 5.75. The van der Waals surface area contributed by atoms with Gasteiger partial charge < -0.3 is 9.47 Å². The summed E-state index contributed by atoms with van der Waals surface area (Å²) in [6, 6.07) is 15.8. The summed E-state index contributed by atoms with van der Waals surface area (Å²) in [5.74, 6) is 0.602. The summed E-state index contributed by atoms with van der Waals surface area (Å²) < 4.78 is 13.9. The van der Waals surface area contributed by atoms with Crippen LogP contribution in [0.25, 0.3) is 10.2 Å². The molecule has 0 saturated carbocycles. The van der Waals surface area contributed by atoms with E-state index in [2.05, 4.69) is 13.0 Å². The van der Waals surface area contributed by atoms with Crippen LogP contribution >= 0.6 is 11.3 Å². The van der Waals surface area contributed by atoms with Crippen molar-refractivity contribution in [1.29, 1.82) is 0 Å². The van der Waals surface area contributed by atoms with Gasteiger partial charge in [-0.25, -0.2) is 9.36 Å². The lowest BCUT2D eigenvalue weighted by Crippen LogP contribution is -2.37. The SMILES string of the molecule is CCCCCCCCCCCCCCCCOC(=O)C[n+]1c(N=Cc2ccc(OC)cc2)sc2ccccc21. The summed E-state index contributed by atoms with van der Waals surface area (Å²) in [4.78, 5) is 17.4. The Morgan fingerprint density at radius 2 is 1.41 bits per heavy atom. The molecule has 212 valence electrons. The highest BCUT2D eigenvalue weighted by Crippen LogP contribution is 2.26. The predicted molar refractivity (Wildman–Crippen MR) is 164 cm³/mol. The second kappa shape index (κ2) is 18.5. The molecule has 0 amide bonds. The summed E-state index contributed by atoms with van der Waals surface area (Å²) in [6.45, 7) is 2.93. The molecule has 0 aliphatic rings. The van der Waals surface area contributed by atoms with Crippen LogP contribution in [0.1, 0.15) is 102 Å². The van der Waals surface area contributed by atoms with Crippen molar-refractivity contribution in [3.63, 3.8) is 0 Å².